The second kappa shape index (κ2) is 5.22. The fourth-order valence-electron chi connectivity index (χ4n) is 1.75. The quantitative estimate of drug-likeness (QED) is 0.691. The van der Waals surface area contributed by atoms with Gasteiger partial charge in [-0.25, -0.2) is 4.79 Å². The molecule has 6 nitrogen and oxygen atoms in total. The van der Waals surface area contributed by atoms with Crippen molar-refractivity contribution >= 4 is 11.9 Å². The first-order valence-corrected chi connectivity index (χ1v) is 5.92. The summed E-state index contributed by atoms with van der Waals surface area (Å²) in [6, 6.07) is 2.25. The molecule has 1 aliphatic carbocycles. The second-order valence-corrected chi connectivity index (χ2v) is 4.51. The molecular weight excluding hydrogens is 236 g/mol. The minimum atomic E-state index is -1.01. The van der Waals surface area contributed by atoms with E-state index in [4.69, 9.17) is 15.3 Å². The van der Waals surface area contributed by atoms with Gasteiger partial charge in [0.05, 0.1) is 6.54 Å². The normalized spacial score (nSPS) is 16.3. The third-order valence-electron chi connectivity index (χ3n) is 2.96. The van der Waals surface area contributed by atoms with E-state index in [1.807, 2.05) is 0 Å². The number of hydrogen-bond acceptors (Lipinski definition) is 4. The highest BCUT2D eigenvalue weighted by Gasteiger charge is 2.30. The van der Waals surface area contributed by atoms with Gasteiger partial charge in [0, 0.05) is 0 Å². The monoisotopic (exact) mass is 252 g/mol. The summed E-state index contributed by atoms with van der Waals surface area (Å²) in [7, 11) is 0. The molecule has 1 amide bonds. The van der Waals surface area contributed by atoms with Crippen LogP contribution in [-0.4, -0.2) is 23.0 Å². The standard InChI is InChI=1S/C12H16N2O4/c13-6-8-3-4-10(18-8)11(15)14-9(12(16)17)5-7-1-2-7/h3-4,7,9H,1-2,5-6,13H2,(H,14,15)(H,16,17). The van der Waals surface area contributed by atoms with Crippen molar-refractivity contribution in [1.82, 2.24) is 5.32 Å². The van der Waals surface area contributed by atoms with Crippen LogP contribution >= 0.6 is 0 Å². The number of rotatable bonds is 6. The lowest BCUT2D eigenvalue weighted by molar-refractivity contribution is -0.139. The number of carbonyl (C=O) groups is 2. The van der Waals surface area contributed by atoms with Crippen LogP contribution in [0.15, 0.2) is 16.5 Å². The van der Waals surface area contributed by atoms with Crippen molar-refractivity contribution in [2.75, 3.05) is 0 Å². The number of carboxylic acid groups (broad SMARTS) is 1. The van der Waals surface area contributed by atoms with Gasteiger partial charge in [-0.1, -0.05) is 12.8 Å². The van der Waals surface area contributed by atoms with Crippen LogP contribution in [0.4, 0.5) is 0 Å². The molecule has 0 radical (unpaired) electrons. The summed E-state index contributed by atoms with van der Waals surface area (Å²) in [5, 5.41) is 11.5. The number of amides is 1. The van der Waals surface area contributed by atoms with E-state index in [2.05, 4.69) is 5.32 Å². The molecule has 1 saturated carbocycles. The average Bonchev–Trinajstić information content (AvgIpc) is 3.02. The number of hydrogen-bond donors (Lipinski definition) is 3. The summed E-state index contributed by atoms with van der Waals surface area (Å²) in [5.74, 6) is -0.516. The molecule has 98 valence electrons. The molecule has 0 aromatic carbocycles. The van der Waals surface area contributed by atoms with E-state index in [1.54, 1.807) is 6.07 Å². The van der Waals surface area contributed by atoms with E-state index in [9.17, 15) is 9.59 Å². The van der Waals surface area contributed by atoms with Gasteiger partial charge in [-0.2, -0.15) is 0 Å². The largest absolute Gasteiger partial charge is 0.480 e. The molecule has 1 atom stereocenters. The van der Waals surface area contributed by atoms with Gasteiger partial charge >= 0.3 is 5.97 Å². The molecule has 0 aliphatic heterocycles. The Morgan fingerprint density at radius 2 is 2.22 bits per heavy atom. The molecule has 18 heavy (non-hydrogen) atoms. The first kappa shape index (κ1) is 12.6. The van der Waals surface area contributed by atoms with Crippen molar-refractivity contribution in [2.45, 2.75) is 31.8 Å². The van der Waals surface area contributed by atoms with Gasteiger partial charge in [-0.05, 0) is 24.5 Å². The fraction of sp³-hybridized carbons (Fsp3) is 0.500. The van der Waals surface area contributed by atoms with E-state index >= 15 is 0 Å². The Morgan fingerprint density at radius 3 is 2.72 bits per heavy atom. The van der Waals surface area contributed by atoms with Crippen molar-refractivity contribution < 1.29 is 19.1 Å². The maximum Gasteiger partial charge on any atom is 0.326 e. The molecule has 1 heterocycles. The van der Waals surface area contributed by atoms with Gasteiger partial charge in [0.15, 0.2) is 5.76 Å². The van der Waals surface area contributed by atoms with Gasteiger partial charge in [0.2, 0.25) is 0 Å². The number of carboxylic acids is 1. The van der Waals surface area contributed by atoms with Gasteiger partial charge in [0.1, 0.15) is 11.8 Å². The maximum absolute atomic E-state index is 11.8. The number of carbonyl (C=O) groups excluding carboxylic acids is 1. The predicted molar refractivity (Wildman–Crippen MR) is 62.8 cm³/mol. The van der Waals surface area contributed by atoms with Crippen molar-refractivity contribution in [2.24, 2.45) is 11.7 Å². The molecule has 4 N–H and O–H groups in total. The number of nitrogens with two attached hydrogens (primary N) is 1. The Morgan fingerprint density at radius 1 is 1.50 bits per heavy atom. The van der Waals surface area contributed by atoms with Crippen molar-refractivity contribution in [3.63, 3.8) is 0 Å². The van der Waals surface area contributed by atoms with Gasteiger partial charge in [-0.3, -0.25) is 4.79 Å². The van der Waals surface area contributed by atoms with Crippen LogP contribution in [0.2, 0.25) is 0 Å². The first-order chi connectivity index (χ1) is 8.60. The minimum Gasteiger partial charge on any atom is -0.480 e. The van der Waals surface area contributed by atoms with Crippen molar-refractivity contribution in [1.29, 1.82) is 0 Å². The zero-order valence-corrected chi connectivity index (χ0v) is 9.89. The zero-order chi connectivity index (χ0) is 13.1. The maximum atomic E-state index is 11.8. The van der Waals surface area contributed by atoms with E-state index in [0.717, 1.165) is 12.8 Å². The van der Waals surface area contributed by atoms with Crippen molar-refractivity contribution in [3.8, 4) is 0 Å². The molecule has 0 spiro atoms. The minimum absolute atomic E-state index is 0.0949. The van der Waals surface area contributed by atoms with E-state index in [-0.39, 0.29) is 12.3 Å². The van der Waals surface area contributed by atoms with E-state index in [0.29, 0.717) is 18.1 Å². The van der Waals surface area contributed by atoms with Crippen LogP contribution in [0.5, 0.6) is 0 Å². The van der Waals surface area contributed by atoms with Crippen LogP contribution in [0.3, 0.4) is 0 Å². The molecule has 1 aliphatic rings. The lowest BCUT2D eigenvalue weighted by Gasteiger charge is -2.12. The van der Waals surface area contributed by atoms with Gasteiger partial charge in [0.25, 0.3) is 5.91 Å². The van der Waals surface area contributed by atoms with Crippen LogP contribution in [-0.2, 0) is 11.3 Å². The van der Waals surface area contributed by atoms with Gasteiger partial charge < -0.3 is 20.6 Å². The second-order valence-electron chi connectivity index (χ2n) is 4.51. The number of furan rings is 1. The lowest BCUT2D eigenvalue weighted by atomic mass is 10.1. The molecule has 2 rings (SSSR count). The average molecular weight is 252 g/mol. The highest BCUT2D eigenvalue weighted by atomic mass is 16.4. The van der Waals surface area contributed by atoms with Crippen LogP contribution in [0.25, 0.3) is 0 Å². The summed E-state index contributed by atoms with van der Waals surface area (Å²) < 4.78 is 5.17. The van der Waals surface area contributed by atoms with Crippen LogP contribution < -0.4 is 11.1 Å². The fourth-order valence-corrected chi connectivity index (χ4v) is 1.75. The van der Waals surface area contributed by atoms with Crippen molar-refractivity contribution in [3.05, 3.63) is 23.7 Å². The number of aliphatic carboxylic acids is 1. The van der Waals surface area contributed by atoms with Crippen LogP contribution in [0, 0.1) is 5.92 Å². The summed E-state index contributed by atoms with van der Waals surface area (Å²) >= 11 is 0. The Labute approximate surface area is 104 Å². The molecule has 1 aromatic rings. The Bertz CT molecular complexity index is 451. The molecule has 1 fully saturated rings. The highest BCUT2D eigenvalue weighted by Crippen LogP contribution is 2.33. The van der Waals surface area contributed by atoms with Crippen LogP contribution in [0.1, 0.15) is 35.6 Å². The third kappa shape index (κ3) is 3.10. The summed E-state index contributed by atoms with van der Waals surface area (Å²) in [5.41, 5.74) is 5.37. The Balaban J connectivity index is 1.96. The summed E-state index contributed by atoms with van der Waals surface area (Å²) in [6.07, 6.45) is 2.56. The highest BCUT2D eigenvalue weighted by molar-refractivity contribution is 5.94. The molecule has 6 heteroatoms. The number of nitrogens with one attached hydrogen (secondary N) is 1. The van der Waals surface area contributed by atoms with Gasteiger partial charge in [-0.15, -0.1) is 0 Å². The Kier molecular flexibility index (Phi) is 3.66. The molecule has 1 unspecified atom stereocenters. The summed E-state index contributed by atoms with van der Waals surface area (Å²) in [6.45, 7) is 0.206. The lowest BCUT2D eigenvalue weighted by Crippen LogP contribution is -2.41. The predicted octanol–water partition coefficient (Wildman–Crippen LogP) is 0.721. The molecule has 0 bridgehead atoms. The topological polar surface area (TPSA) is 106 Å². The smallest absolute Gasteiger partial charge is 0.326 e. The van der Waals surface area contributed by atoms with E-state index in [1.165, 1.54) is 6.07 Å². The molecular formula is C12H16N2O4. The zero-order valence-electron chi connectivity index (χ0n) is 9.89. The Hall–Kier alpha value is -1.82. The SMILES string of the molecule is NCc1ccc(C(=O)NC(CC2CC2)C(=O)O)o1. The first-order valence-electron chi connectivity index (χ1n) is 5.92. The molecule has 1 aromatic heterocycles. The van der Waals surface area contributed by atoms with E-state index < -0.39 is 17.9 Å². The summed E-state index contributed by atoms with van der Waals surface area (Å²) in [4.78, 5) is 22.8. The molecule has 0 saturated heterocycles. The third-order valence-corrected chi connectivity index (χ3v) is 2.96.